The standard InChI is InChI=1S/C33H42ClN3O4S/c1-7-24(2)35-32(39)30(21-25-12-9-8-10-13-25)36(22-26-14-11-15-28(34)20-26)31(38)23-37(42(6,40)41)29-18-16-27(17-19-29)33(3,4)5/h8-20,24,30H,7,21-23H2,1-6H3,(H,35,39)/t24-,30-/m1/s1. The lowest BCUT2D eigenvalue weighted by Crippen LogP contribution is -2.54. The zero-order chi connectivity index (χ0) is 31.1. The van der Waals surface area contributed by atoms with Gasteiger partial charge in [0.25, 0.3) is 0 Å². The van der Waals surface area contributed by atoms with Gasteiger partial charge in [0.1, 0.15) is 12.6 Å². The molecule has 2 atom stereocenters. The number of amides is 2. The first-order valence-electron chi connectivity index (χ1n) is 14.2. The van der Waals surface area contributed by atoms with Gasteiger partial charge in [0.2, 0.25) is 21.8 Å². The van der Waals surface area contributed by atoms with Crippen LogP contribution >= 0.6 is 11.6 Å². The number of nitrogens with zero attached hydrogens (tertiary/aromatic N) is 2. The fourth-order valence-corrected chi connectivity index (χ4v) is 5.63. The van der Waals surface area contributed by atoms with Crippen LogP contribution in [0.1, 0.15) is 57.7 Å². The monoisotopic (exact) mass is 611 g/mol. The van der Waals surface area contributed by atoms with Crippen LogP contribution in [0, 0.1) is 0 Å². The third-order valence-corrected chi connectivity index (χ3v) is 8.59. The van der Waals surface area contributed by atoms with Crippen LogP contribution in [0.4, 0.5) is 5.69 Å². The number of nitrogens with one attached hydrogen (secondary N) is 1. The Hall–Kier alpha value is -3.36. The molecule has 3 rings (SSSR count). The highest BCUT2D eigenvalue weighted by atomic mass is 35.5. The van der Waals surface area contributed by atoms with Crippen LogP contribution in [0.3, 0.4) is 0 Å². The Kier molecular flexibility index (Phi) is 11.2. The molecule has 0 heterocycles. The summed E-state index contributed by atoms with van der Waals surface area (Å²) in [6.07, 6.45) is 2.06. The number of carbonyl (C=O) groups excluding carboxylic acids is 2. The smallest absolute Gasteiger partial charge is 0.244 e. The summed E-state index contributed by atoms with van der Waals surface area (Å²) in [5.74, 6) is -0.801. The van der Waals surface area contributed by atoms with E-state index in [4.69, 9.17) is 11.6 Å². The lowest BCUT2D eigenvalue weighted by Gasteiger charge is -2.34. The van der Waals surface area contributed by atoms with Gasteiger partial charge in [-0.3, -0.25) is 13.9 Å². The number of hydrogen-bond acceptors (Lipinski definition) is 4. The molecule has 7 nitrogen and oxygen atoms in total. The van der Waals surface area contributed by atoms with Crippen molar-refractivity contribution >= 4 is 39.1 Å². The quantitative estimate of drug-likeness (QED) is 0.274. The van der Waals surface area contributed by atoms with Crippen LogP contribution in [-0.4, -0.2) is 50.0 Å². The topological polar surface area (TPSA) is 86.8 Å². The van der Waals surface area contributed by atoms with Gasteiger partial charge < -0.3 is 10.2 Å². The first-order valence-corrected chi connectivity index (χ1v) is 16.4. The normalized spacial score (nSPS) is 13.2. The minimum Gasteiger partial charge on any atom is -0.352 e. The van der Waals surface area contributed by atoms with E-state index in [1.54, 1.807) is 30.3 Å². The number of hydrogen-bond donors (Lipinski definition) is 1. The first kappa shape index (κ1) is 33.1. The molecule has 42 heavy (non-hydrogen) atoms. The van der Waals surface area contributed by atoms with Gasteiger partial charge in [-0.25, -0.2) is 8.42 Å². The minimum atomic E-state index is -3.84. The Balaban J connectivity index is 2.06. The fraction of sp³-hybridized carbons (Fsp3) is 0.394. The summed E-state index contributed by atoms with van der Waals surface area (Å²) in [6.45, 7) is 9.72. The fourth-order valence-electron chi connectivity index (χ4n) is 4.57. The molecular weight excluding hydrogens is 570 g/mol. The second-order valence-electron chi connectivity index (χ2n) is 11.7. The SMILES string of the molecule is CC[C@@H](C)NC(=O)[C@@H](Cc1ccccc1)N(Cc1cccc(Cl)c1)C(=O)CN(c1ccc(C(C)(C)C)cc1)S(C)(=O)=O. The largest absolute Gasteiger partial charge is 0.352 e. The highest BCUT2D eigenvalue weighted by Crippen LogP contribution is 2.26. The van der Waals surface area contributed by atoms with Gasteiger partial charge in [-0.15, -0.1) is 0 Å². The highest BCUT2D eigenvalue weighted by molar-refractivity contribution is 7.92. The lowest BCUT2D eigenvalue weighted by molar-refractivity contribution is -0.140. The molecule has 0 aliphatic carbocycles. The summed E-state index contributed by atoms with van der Waals surface area (Å²) in [7, 11) is -3.84. The van der Waals surface area contributed by atoms with Gasteiger partial charge in [0, 0.05) is 24.0 Å². The summed E-state index contributed by atoms with van der Waals surface area (Å²) >= 11 is 6.27. The van der Waals surface area contributed by atoms with E-state index in [1.165, 1.54) is 4.90 Å². The molecule has 226 valence electrons. The number of halogens is 1. The van der Waals surface area contributed by atoms with E-state index >= 15 is 0 Å². The number of sulfonamides is 1. The molecule has 0 saturated heterocycles. The second kappa shape index (κ2) is 14.2. The van der Waals surface area contributed by atoms with E-state index in [2.05, 4.69) is 26.1 Å². The molecule has 9 heteroatoms. The zero-order valence-electron chi connectivity index (χ0n) is 25.3. The predicted octanol–water partition coefficient (Wildman–Crippen LogP) is 5.96. The van der Waals surface area contributed by atoms with Gasteiger partial charge in [0.05, 0.1) is 11.9 Å². The Morgan fingerprint density at radius 3 is 2.10 bits per heavy atom. The van der Waals surface area contributed by atoms with Crippen molar-refractivity contribution in [3.05, 3.63) is 101 Å². The van der Waals surface area contributed by atoms with Gasteiger partial charge >= 0.3 is 0 Å². The Labute approximate surface area is 255 Å². The Morgan fingerprint density at radius 1 is 0.929 bits per heavy atom. The van der Waals surface area contributed by atoms with Gasteiger partial charge in [-0.2, -0.15) is 0 Å². The molecule has 2 amide bonds. The first-order chi connectivity index (χ1) is 19.7. The van der Waals surface area contributed by atoms with Crippen molar-refractivity contribution in [1.29, 1.82) is 0 Å². The number of rotatable bonds is 12. The Morgan fingerprint density at radius 2 is 1.55 bits per heavy atom. The van der Waals surface area contributed by atoms with E-state index in [1.807, 2.05) is 62.4 Å². The number of carbonyl (C=O) groups is 2. The predicted molar refractivity (Wildman–Crippen MR) is 171 cm³/mol. The lowest BCUT2D eigenvalue weighted by atomic mass is 9.87. The van der Waals surface area contributed by atoms with Crippen LogP contribution in [0.2, 0.25) is 5.02 Å². The van der Waals surface area contributed by atoms with Crippen molar-refractivity contribution in [2.45, 2.75) is 71.5 Å². The molecule has 0 radical (unpaired) electrons. The van der Waals surface area contributed by atoms with Crippen molar-refractivity contribution < 1.29 is 18.0 Å². The molecule has 0 bridgehead atoms. The molecule has 0 unspecified atom stereocenters. The molecule has 1 N–H and O–H groups in total. The summed E-state index contributed by atoms with van der Waals surface area (Å²) < 4.78 is 27.1. The third-order valence-electron chi connectivity index (χ3n) is 7.21. The molecule has 0 saturated carbocycles. The molecule has 0 spiro atoms. The third kappa shape index (κ3) is 9.33. The van der Waals surface area contributed by atoms with E-state index in [0.717, 1.165) is 33.7 Å². The van der Waals surface area contributed by atoms with Crippen molar-refractivity contribution in [3.8, 4) is 0 Å². The summed E-state index contributed by atoms with van der Waals surface area (Å²) in [5.41, 5.74) is 2.91. The van der Waals surface area contributed by atoms with Crippen LogP contribution in [0.25, 0.3) is 0 Å². The second-order valence-corrected chi connectivity index (χ2v) is 14.1. The van der Waals surface area contributed by atoms with Crippen molar-refractivity contribution in [2.75, 3.05) is 17.1 Å². The maximum atomic E-state index is 14.2. The van der Waals surface area contributed by atoms with Crippen molar-refractivity contribution in [3.63, 3.8) is 0 Å². The van der Waals surface area contributed by atoms with E-state index < -0.39 is 28.5 Å². The molecule has 0 fully saturated rings. The van der Waals surface area contributed by atoms with Gasteiger partial charge in [0.15, 0.2) is 0 Å². The van der Waals surface area contributed by atoms with E-state index in [-0.39, 0.29) is 30.3 Å². The highest BCUT2D eigenvalue weighted by Gasteiger charge is 2.33. The van der Waals surface area contributed by atoms with E-state index in [0.29, 0.717) is 10.7 Å². The van der Waals surface area contributed by atoms with Crippen LogP contribution < -0.4 is 9.62 Å². The van der Waals surface area contributed by atoms with Crippen LogP contribution in [0.15, 0.2) is 78.9 Å². The molecule has 3 aromatic carbocycles. The molecular formula is C33H42ClN3O4S. The minimum absolute atomic E-state index is 0.0748. The van der Waals surface area contributed by atoms with E-state index in [9.17, 15) is 18.0 Å². The molecule has 0 aromatic heterocycles. The maximum Gasteiger partial charge on any atom is 0.244 e. The summed E-state index contributed by atoms with van der Waals surface area (Å²) in [5, 5.41) is 3.53. The average Bonchev–Trinajstić information content (AvgIpc) is 2.93. The average molecular weight is 612 g/mol. The number of anilines is 1. The zero-order valence-corrected chi connectivity index (χ0v) is 26.9. The molecule has 0 aliphatic rings. The number of benzene rings is 3. The molecule has 3 aromatic rings. The van der Waals surface area contributed by atoms with Gasteiger partial charge in [-0.05, 0) is 59.7 Å². The van der Waals surface area contributed by atoms with Gasteiger partial charge in [-0.1, -0.05) is 93.9 Å². The van der Waals surface area contributed by atoms with Crippen LogP contribution in [-0.2, 0) is 38.0 Å². The van der Waals surface area contributed by atoms with Crippen molar-refractivity contribution in [1.82, 2.24) is 10.2 Å². The summed E-state index contributed by atoms with van der Waals surface area (Å²) in [6, 6.07) is 22.8. The van der Waals surface area contributed by atoms with Crippen molar-refractivity contribution in [2.24, 2.45) is 0 Å². The summed E-state index contributed by atoms with van der Waals surface area (Å²) in [4.78, 5) is 29.4. The maximum absolute atomic E-state index is 14.2. The molecule has 0 aliphatic heterocycles. The van der Waals surface area contributed by atoms with Crippen LogP contribution in [0.5, 0.6) is 0 Å². The Bertz CT molecular complexity index is 1450.